The summed E-state index contributed by atoms with van der Waals surface area (Å²) < 4.78 is 0. The molecule has 1 saturated heterocycles. The fourth-order valence-electron chi connectivity index (χ4n) is 2.36. The lowest BCUT2D eigenvalue weighted by Crippen LogP contribution is -2.43. The minimum absolute atomic E-state index is 0.0907. The van der Waals surface area contributed by atoms with Crippen LogP contribution >= 0.6 is 0 Å². The average molecular weight is 241 g/mol. The van der Waals surface area contributed by atoms with E-state index in [4.69, 9.17) is 0 Å². The van der Waals surface area contributed by atoms with Crippen LogP contribution in [0.4, 0.5) is 4.79 Å². The summed E-state index contributed by atoms with van der Waals surface area (Å²) in [5, 5.41) is 3.06. The Labute approximate surface area is 105 Å². The summed E-state index contributed by atoms with van der Waals surface area (Å²) in [6, 6.07) is 0.0907. The maximum Gasteiger partial charge on any atom is 0.317 e. The van der Waals surface area contributed by atoms with E-state index in [2.05, 4.69) is 17.1 Å². The van der Waals surface area contributed by atoms with E-state index in [0.717, 1.165) is 26.2 Å². The first kappa shape index (κ1) is 14.3. The molecule has 100 valence electrons. The minimum Gasteiger partial charge on any atom is -0.338 e. The van der Waals surface area contributed by atoms with Gasteiger partial charge in [-0.2, -0.15) is 0 Å². The van der Waals surface area contributed by atoms with Crippen LogP contribution in [-0.4, -0.2) is 55.1 Å². The molecule has 1 aliphatic rings. The maximum absolute atomic E-state index is 11.8. The van der Waals surface area contributed by atoms with E-state index in [1.807, 2.05) is 18.7 Å². The van der Waals surface area contributed by atoms with Crippen LogP contribution in [0.3, 0.4) is 0 Å². The molecule has 1 rings (SSSR count). The van der Waals surface area contributed by atoms with Gasteiger partial charge in [-0.25, -0.2) is 4.79 Å². The lowest BCUT2D eigenvalue weighted by molar-refractivity contribution is 0.179. The largest absolute Gasteiger partial charge is 0.338 e. The van der Waals surface area contributed by atoms with E-state index in [9.17, 15) is 4.79 Å². The van der Waals surface area contributed by atoms with Crippen molar-refractivity contribution in [1.82, 2.24) is 15.1 Å². The van der Waals surface area contributed by atoms with Gasteiger partial charge in [0, 0.05) is 19.6 Å². The summed E-state index contributed by atoms with van der Waals surface area (Å²) in [6.45, 7) is 12.2. The van der Waals surface area contributed by atoms with Crippen LogP contribution in [0.5, 0.6) is 0 Å². The highest BCUT2D eigenvalue weighted by atomic mass is 16.2. The Morgan fingerprint density at radius 2 is 1.82 bits per heavy atom. The third-order valence-corrected chi connectivity index (χ3v) is 3.75. The summed E-state index contributed by atoms with van der Waals surface area (Å²) in [5.41, 5.74) is 0. The number of amides is 2. The maximum atomic E-state index is 11.8. The van der Waals surface area contributed by atoms with Gasteiger partial charge in [-0.05, 0) is 52.2 Å². The van der Waals surface area contributed by atoms with Crippen molar-refractivity contribution in [2.75, 3.05) is 39.3 Å². The van der Waals surface area contributed by atoms with Gasteiger partial charge in [0.25, 0.3) is 0 Å². The number of nitrogens with zero attached hydrogens (tertiary/aromatic N) is 2. The first-order valence-electron chi connectivity index (χ1n) is 6.96. The number of carbonyl (C=O) groups is 1. The minimum atomic E-state index is 0.0907. The highest BCUT2D eigenvalue weighted by Crippen LogP contribution is 2.15. The van der Waals surface area contributed by atoms with Gasteiger partial charge in [0.1, 0.15) is 0 Å². The fraction of sp³-hybridized carbons (Fsp3) is 0.923. The second-order valence-electron chi connectivity index (χ2n) is 4.74. The molecule has 0 aromatic rings. The first-order chi connectivity index (χ1) is 8.21. The number of nitrogens with one attached hydrogen (secondary N) is 1. The molecule has 0 radical (unpaired) electrons. The summed E-state index contributed by atoms with van der Waals surface area (Å²) in [6.07, 6.45) is 2.43. The zero-order valence-electron chi connectivity index (χ0n) is 11.5. The smallest absolute Gasteiger partial charge is 0.317 e. The van der Waals surface area contributed by atoms with Gasteiger partial charge in [0.15, 0.2) is 0 Å². The molecule has 1 aliphatic heterocycles. The van der Waals surface area contributed by atoms with Crippen molar-refractivity contribution in [2.24, 2.45) is 5.92 Å². The molecule has 4 heteroatoms. The molecule has 0 aromatic carbocycles. The lowest BCUT2D eigenvalue weighted by Gasteiger charge is -2.31. The third-order valence-electron chi connectivity index (χ3n) is 3.75. The van der Waals surface area contributed by atoms with Gasteiger partial charge < -0.3 is 15.1 Å². The van der Waals surface area contributed by atoms with E-state index >= 15 is 0 Å². The predicted octanol–water partition coefficient (Wildman–Crippen LogP) is 1.77. The molecule has 0 aromatic heterocycles. The zero-order chi connectivity index (χ0) is 12.7. The molecule has 2 amide bonds. The van der Waals surface area contributed by atoms with Crippen LogP contribution in [0.1, 0.15) is 33.6 Å². The van der Waals surface area contributed by atoms with Crippen molar-refractivity contribution in [3.8, 4) is 0 Å². The third kappa shape index (κ3) is 4.54. The van der Waals surface area contributed by atoms with Crippen molar-refractivity contribution >= 4 is 6.03 Å². The van der Waals surface area contributed by atoms with Crippen molar-refractivity contribution in [3.63, 3.8) is 0 Å². The predicted molar refractivity (Wildman–Crippen MR) is 71.2 cm³/mol. The van der Waals surface area contributed by atoms with Crippen LogP contribution in [0, 0.1) is 5.92 Å². The Balaban J connectivity index is 2.21. The molecule has 0 atom stereocenters. The van der Waals surface area contributed by atoms with E-state index in [1.54, 1.807) is 0 Å². The Morgan fingerprint density at radius 3 is 2.29 bits per heavy atom. The van der Waals surface area contributed by atoms with E-state index < -0.39 is 0 Å². The number of carbonyl (C=O) groups excluding carboxylic acids is 1. The van der Waals surface area contributed by atoms with Crippen LogP contribution in [0.25, 0.3) is 0 Å². The summed E-state index contributed by atoms with van der Waals surface area (Å²) in [7, 11) is 0. The van der Waals surface area contributed by atoms with Gasteiger partial charge in [0.2, 0.25) is 0 Å². The SMILES string of the molecule is CCN1CCC(CNC(=O)N(CC)CC)CC1. The van der Waals surface area contributed by atoms with E-state index in [1.165, 1.54) is 25.9 Å². The van der Waals surface area contributed by atoms with Gasteiger partial charge in [-0.15, -0.1) is 0 Å². The molecule has 1 heterocycles. The van der Waals surface area contributed by atoms with Gasteiger partial charge in [0.05, 0.1) is 0 Å². The molecule has 0 aliphatic carbocycles. The number of piperidine rings is 1. The quantitative estimate of drug-likeness (QED) is 0.796. The number of likely N-dealkylation sites (tertiary alicyclic amines) is 1. The van der Waals surface area contributed by atoms with Gasteiger partial charge in [-0.3, -0.25) is 0 Å². The highest BCUT2D eigenvalue weighted by molar-refractivity contribution is 5.74. The number of rotatable bonds is 5. The van der Waals surface area contributed by atoms with E-state index in [-0.39, 0.29) is 6.03 Å². The molecule has 1 N–H and O–H groups in total. The Kier molecular flexibility index (Phi) is 6.34. The molecule has 17 heavy (non-hydrogen) atoms. The molecule has 1 fully saturated rings. The number of hydrogen-bond acceptors (Lipinski definition) is 2. The highest BCUT2D eigenvalue weighted by Gasteiger charge is 2.19. The van der Waals surface area contributed by atoms with Crippen molar-refractivity contribution in [3.05, 3.63) is 0 Å². The monoisotopic (exact) mass is 241 g/mol. The summed E-state index contributed by atoms with van der Waals surface area (Å²) >= 11 is 0. The van der Waals surface area contributed by atoms with Crippen molar-refractivity contribution in [1.29, 1.82) is 0 Å². The molecule has 4 nitrogen and oxygen atoms in total. The fourth-order valence-corrected chi connectivity index (χ4v) is 2.36. The zero-order valence-corrected chi connectivity index (χ0v) is 11.5. The van der Waals surface area contributed by atoms with Crippen LogP contribution in [0.2, 0.25) is 0 Å². The summed E-state index contributed by atoms with van der Waals surface area (Å²) in [5.74, 6) is 0.664. The second-order valence-corrected chi connectivity index (χ2v) is 4.74. The van der Waals surface area contributed by atoms with Crippen LogP contribution in [0.15, 0.2) is 0 Å². The molecule has 0 bridgehead atoms. The normalized spacial score (nSPS) is 18.1. The Bertz CT molecular complexity index is 221. The average Bonchev–Trinajstić information content (AvgIpc) is 2.38. The standard InChI is InChI=1S/C13H27N3O/c1-4-15-9-7-12(8-10-15)11-14-13(17)16(5-2)6-3/h12H,4-11H2,1-3H3,(H,14,17). The number of hydrogen-bond donors (Lipinski definition) is 1. The molecular formula is C13H27N3O. The second kappa shape index (κ2) is 7.54. The molecule has 0 saturated carbocycles. The van der Waals surface area contributed by atoms with Gasteiger partial charge in [-0.1, -0.05) is 6.92 Å². The van der Waals surface area contributed by atoms with Gasteiger partial charge >= 0.3 is 6.03 Å². The molecule has 0 unspecified atom stereocenters. The topological polar surface area (TPSA) is 35.6 Å². The molecule has 0 spiro atoms. The first-order valence-corrected chi connectivity index (χ1v) is 6.96. The van der Waals surface area contributed by atoms with Crippen molar-refractivity contribution in [2.45, 2.75) is 33.6 Å². The number of urea groups is 1. The Morgan fingerprint density at radius 1 is 1.24 bits per heavy atom. The molecular weight excluding hydrogens is 214 g/mol. The van der Waals surface area contributed by atoms with Crippen molar-refractivity contribution < 1.29 is 4.79 Å². The van der Waals surface area contributed by atoms with E-state index in [0.29, 0.717) is 5.92 Å². The summed E-state index contributed by atoms with van der Waals surface area (Å²) in [4.78, 5) is 16.1. The van der Waals surface area contributed by atoms with Crippen LogP contribution < -0.4 is 5.32 Å². The lowest BCUT2D eigenvalue weighted by atomic mass is 9.97. The Hall–Kier alpha value is -0.770. The van der Waals surface area contributed by atoms with Crippen LogP contribution in [-0.2, 0) is 0 Å².